The Balaban J connectivity index is 1.22. The first-order valence-corrected chi connectivity index (χ1v) is 12.8. The fourth-order valence-electron chi connectivity index (χ4n) is 4.79. The average Bonchev–Trinajstić information content (AvgIpc) is 3.31. The molecule has 4 aromatic rings. The lowest BCUT2D eigenvalue weighted by Crippen LogP contribution is -2.46. The van der Waals surface area contributed by atoms with Crippen LogP contribution in [0.4, 0.5) is 24.5 Å². The van der Waals surface area contributed by atoms with Crippen molar-refractivity contribution in [3.05, 3.63) is 94.4 Å². The van der Waals surface area contributed by atoms with Crippen molar-refractivity contribution in [2.45, 2.75) is 26.1 Å². The second-order valence-electron chi connectivity index (χ2n) is 9.17. The molecule has 0 bridgehead atoms. The number of aromatic nitrogens is 2. The van der Waals surface area contributed by atoms with Gasteiger partial charge in [0.2, 0.25) is 0 Å². The number of alkyl halides is 3. The first-order chi connectivity index (χ1) is 18.2. The molecule has 1 fully saturated rings. The summed E-state index contributed by atoms with van der Waals surface area (Å²) in [7, 11) is 0. The molecule has 3 heterocycles. The van der Waals surface area contributed by atoms with Crippen molar-refractivity contribution in [3.63, 3.8) is 0 Å². The second kappa shape index (κ2) is 10.6. The molecule has 5 rings (SSSR count). The number of anilines is 2. The van der Waals surface area contributed by atoms with Gasteiger partial charge in [0.1, 0.15) is 11.3 Å². The molecule has 0 atom stereocenters. The third-order valence-corrected chi connectivity index (χ3v) is 7.06. The van der Waals surface area contributed by atoms with Crippen LogP contribution < -0.4 is 15.1 Å². The van der Waals surface area contributed by atoms with E-state index in [1.165, 1.54) is 16.7 Å². The molecule has 10 heteroatoms. The zero-order valence-electron chi connectivity index (χ0n) is 20.8. The van der Waals surface area contributed by atoms with Gasteiger partial charge in [-0.1, -0.05) is 30.7 Å². The summed E-state index contributed by atoms with van der Waals surface area (Å²) in [4.78, 5) is 21.8. The SMILES string of the molecule is CCc1nc2c(C(F)(F)F)cccn2c1C(=O)NCc1ccc(N2CCN(c3ccc(Cl)cc3)CC2)cc1. The van der Waals surface area contributed by atoms with Gasteiger partial charge in [-0.25, -0.2) is 4.98 Å². The summed E-state index contributed by atoms with van der Waals surface area (Å²) < 4.78 is 41.6. The van der Waals surface area contributed by atoms with Crippen LogP contribution in [-0.2, 0) is 19.1 Å². The Kier molecular flexibility index (Phi) is 7.21. The van der Waals surface area contributed by atoms with Crippen molar-refractivity contribution >= 4 is 34.5 Å². The van der Waals surface area contributed by atoms with E-state index in [2.05, 4.69) is 20.1 Å². The summed E-state index contributed by atoms with van der Waals surface area (Å²) >= 11 is 6.00. The molecular formula is C28H27ClF3N5O. The predicted octanol–water partition coefficient (Wildman–Crippen LogP) is 5.83. The molecule has 1 saturated heterocycles. The van der Waals surface area contributed by atoms with Gasteiger partial charge >= 0.3 is 6.18 Å². The van der Waals surface area contributed by atoms with Crippen LogP contribution in [0, 0.1) is 0 Å². The largest absolute Gasteiger partial charge is 0.419 e. The smallest absolute Gasteiger partial charge is 0.368 e. The number of hydrogen-bond donors (Lipinski definition) is 1. The van der Waals surface area contributed by atoms with Crippen LogP contribution in [0.1, 0.15) is 34.2 Å². The Hall–Kier alpha value is -3.72. The molecule has 38 heavy (non-hydrogen) atoms. The molecular weight excluding hydrogens is 515 g/mol. The van der Waals surface area contributed by atoms with E-state index >= 15 is 0 Å². The van der Waals surface area contributed by atoms with Gasteiger partial charge in [0.05, 0.1) is 11.3 Å². The predicted molar refractivity (Wildman–Crippen MR) is 143 cm³/mol. The Morgan fingerprint density at radius 2 is 1.53 bits per heavy atom. The van der Waals surface area contributed by atoms with Crippen molar-refractivity contribution in [1.82, 2.24) is 14.7 Å². The number of hydrogen-bond acceptors (Lipinski definition) is 4. The maximum Gasteiger partial charge on any atom is 0.419 e. The lowest BCUT2D eigenvalue weighted by Gasteiger charge is -2.37. The molecule has 1 aliphatic heterocycles. The standard InChI is InChI=1S/C28H27ClF3N5O/c1-2-24-25(37-13-3-4-23(26(37)34-24)28(30,31)32)27(38)33-18-19-5-9-21(10-6-19)35-14-16-36(17-15-35)22-11-7-20(29)8-12-22/h3-13H,2,14-18H2,1H3,(H,33,38). The minimum atomic E-state index is -4.56. The number of amides is 1. The fraction of sp³-hybridized carbons (Fsp3) is 0.286. The summed E-state index contributed by atoms with van der Waals surface area (Å²) in [6, 6.07) is 18.1. The number of benzene rings is 2. The van der Waals surface area contributed by atoms with Gasteiger partial charge in [0, 0.05) is 55.3 Å². The van der Waals surface area contributed by atoms with Crippen LogP contribution in [0.5, 0.6) is 0 Å². The average molecular weight is 542 g/mol. The number of nitrogens with one attached hydrogen (secondary N) is 1. The van der Waals surface area contributed by atoms with E-state index in [4.69, 9.17) is 11.6 Å². The van der Waals surface area contributed by atoms with Crippen LogP contribution in [0.15, 0.2) is 66.9 Å². The first-order valence-electron chi connectivity index (χ1n) is 12.4. The van der Waals surface area contributed by atoms with Crippen LogP contribution in [0.2, 0.25) is 5.02 Å². The molecule has 1 N–H and O–H groups in total. The quantitative estimate of drug-likeness (QED) is 0.334. The lowest BCUT2D eigenvalue weighted by molar-refractivity contribution is -0.136. The molecule has 0 saturated carbocycles. The van der Waals surface area contributed by atoms with E-state index in [0.29, 0.717) is 12.1 Å². The number of aryl methyl sites for hydroxylation is 1. The van der Waals surface area contributed by atoms with Gasteiger partial charge in [-0.05, 0) is 60.5 Å². The molecule has 198 valence electrons. The molecule has 2 aromatic heterocycles. The summed E-state index contributed by atoms with van der Waals surface area (Å²) in [5, 5.41) is 3.57. The van der Waals surface area contributed by atoms with Crippen LogP contribution >= 0.6 is 11.6 Å². The fourth-order valence-corrected chi connectivity index (χ4v) is 4.91. The van der Waals surface area contributed by atoms with E-state index in [-0.39, 0.29) is 17.9 Å². The maximum atomic E-state index is 13.4. The number of nitrogens with zero attached hydrogens (tertiary/aromatic N) is 4. The summed E-state index contributed by atoms with van der Waals surface area (Å²) in [5.74, 6) is -0.462. The molecule has 1 amide bonds. The highest BCUT2D eigenvalue weighted by molar-refractivity contribution is 6.30. The lowest BCUT2D eigenvalue weighted by atomic mass is 10.1. The molecule has 6 nitrogen and oxygen atoms in total. The topological polar surface area (TPSA) is 52.9 Å². The van der Waals surface area contributed by atoms with E-state index in [1.807, 2.05) is 48.5 Å². The monoisotopic (exact) mass is 541 g/mol. The Bertz CT molecular complexity index is 1430. The Labute approximate surface area is 223 Å². The van der Waals surface area contributed by atoms with Crippen LogP contribution in [0.3, 0.4) is 0 Å². The third kappa shape index (κ3) is 5.29. The van der Waals surface area contributed by atoms with Gasteiger partial charge in [-0.15, -0.1) is 0 Å². The summed E-state index contributed by atoms with van der Waals surface area (Å²) in [5.41, 5.74) is 2.49. The zero-order valence-corrected chi connectivity index (χ0v) is 21.6. The highest BCUT2D eigenvalue weighted by atomic mass is 35.5. The highest BCUT2D eigenvalue weighted by Crippen LogP contribution is 2.33. The minimum Gasteiger partial charge on any atom is -0.368 e. The second-order valence-corrected chi connectivity index (χ2v) is 9.61. The third-order valence-electron chi connectivity index (χ3n) is 6.80. The van der Waals surface area contributed by atoms with E-state index in [9.17, 15) is 18.0 Å². The highest BCUT2D eigenvalue weighted by Gasteiger charge is 2.35. The normalized spacial score (nSPS) is 14.2. The molecule has 0 radical (unpaired) electrons. The van der Waals surface area contributed by atoms with Gasteiger partial charge in [0.25, 0.3) is 5.91 Å². The number of halogens is 4. The van der Waals surface area contributed by atoms with Gasteiger partial charge in [0.15, 0.2) is 0 Å². The number of imidazole rings is 1. The number of rotatable bonds is 6. The summed E-state index contributed by atoms with van der Waals surface area (Å²) in [6.07, 6.45) is -2.79. The molecule has 1 aliphatic rings. The van der Waals surface area contributed by atoms with E-state index < -0.39 is 17.6 Å². The van der Waals surface area contributed by atoms with Crippen LogP contribution in [0.25, 0.3) is 5.65 Å². The van der Waals surface area contributed by atoms with Crippen molar-refractivity contribution in [3.8, 4) is 0 Å². The maximum absolute atomic E-state index is 13.4. The molecule has 2 aromatic carbocycles. The molecule has 0 spiro atoms. The summed E-state index contributed by atoms with van der Waals surface area (Å²) in [6.45, 7) is 5.57. The van der Waals surface area contributed by atoms with Gasteiger partial charge in [-0.3, -0.25) is 9.20 Å². The first kappa shape index (κ1) is 25.9. The minimum absolute atomic E-state index is 0.128. The number of carbonyl (C=O) groups is 1. The number of pyridine rings is 1. The van der Waals surface area contributed by atoms with Crippen molar-refractivity contribution in [1.29, 1.82) is 0 Å². The number of piperazine rings is 1. The van der Waals surface area contributed by atoms with Crippen molar-refractivity contribution in [2.75, 3.05) is 36.0 Å². The molecule has 0 unspecified atom stereocenters. The van der Waals surface area contributed by atoms with Crippen LogP contribution in [-0.4, -0.2) is 41.5 Å². The zero-order chi connectivity index (χ0) is 26.9. The number of carbonyl (C=O) groups excluding carboxylic acids is 1. The van der Waals surface area contributed by atoms with E-state index in [0.717, 1.165) is 54.2 Å². The Morgan fingerprint density at radius 3 is 2.08 bits per heavy atom. The van der Waals surface area contributed by atoms with Gasteiger partial charge in [-0.2, -0.15) is 13.2 Å². The van der Waals surface area contributed by atoms with Crippen molar-refractivity contribution in [2.24, 2.45) is 0 Å². The Morgan fingerprint density at radius 1 is 0.947 bits per heavy atom. The van der Waals surface area contributed by atoms with E-state index in [1.54, 1.807) is 6.92 Å². The molecule has 0 aliphatic carbocycles. The van der Waals surface area contributed by atoms with Crippen molar-refractivity contribution < 1.29 is 18.0 Å². The van der Waals surface area contributed by atoms with Gasteiger partial charge < -0.3 is 15.1 Å². The number of fused-ring (bicyclic) bond motifs is 1.